The van der Waals surface area contributed by atoms with Crippen LogP contribution in [0.2, 0.25) is 5.02 Å². The maximum absolute atomic E-state index is 11.9. The number of halogens is 1. The van der Waals surface area contributed by atoms with E-state index in [1.165, 1.54) is 11.8 Å². The fourth-order valence-electron chi connectivity index (χ4n) is 1.64. The van der Waals surface area contributed by atoms with Gasteiger partial charge in [-0.2, -0.15) is 0 Å². The van der Waals surface area contributed by atoms with Gasteiger partial charge in [-0.25, -0.2) is 0 Å². The molecule has 0 aromatic heterocycles. The summed E-state index contributed by atoms with van der Waals surface area (Å²) in [4.78, 5) is 25.5. The zero-order valence-corrected chi connectivity index (χ0v) is 11.3. The Morgan fingerprint density at radius 1 is 1.44 bits per heavy atom. The molecule has 1 aromatic rings. The minimum atomic E-state index is -0.0997. The lowest BCUT2D eigenvalue weighted by Gasteiger charge is -2.26. The van der Waals surface area contributed by atoms with E-state index in [0.717, 1.165) is 4.90 Å². The van der Waals surface area contributed by atoms with E-state index in [0.29, 0.717) is 23.9 Å². The van der Waals surface area contributed by atoms with Crippen molar-refractivity contribution in [1.82, 2.24) is 10.2 Å². The van der Waals surface area contributed by atoms with Crippen LogP contribution < -0.4 is 5.32 Å². The van der Waals surface area contributed by atoms with Gasteiger partial charge in [0.25, 0.3) is 0 Å². The Balaban J connectivity index is 1.88. The Hall–Kier alpha value is -1.20. The molecule has 6 heteroatoms. The molecule has 1 N–H and O–H groups in total. The predicted octanol–water partition coefficient (Wildman–Crippen LogP) is 1.39. The molecule has 0 saturated carbocycles. The van der Waals surface area contributed by atoms with E-state index in [2.05, 4.69) is 5.32 Å². The number of hydrogen-bond donors (Lipinski definition) is 1. The van der Waals surface area contributed by atoms with Gasteiger partial charge in [-0.15, -0.1) is 11.8 Å². The Morgan fingerprint density at radius 2 is 2.22 bits per heavy atom. The van der Waals surface area contributed by atoms with Crippen LogP contribution in [-0.2, 0) is 9.59 Å². The minimum Gasteiger partial charge on any atom is -0.353 e. The average molecular weight is 285 g/mol. The lowest BCUT2D eigenvalue weighted by molar-refractivity contribution is -0.136. The van der Waals surface area contributed by atoms with Crippen LogP contribution in [0, 0.1) is 0 Å². The molecular weight excluding hydrogens is 272 g/mol. The SMILES string of the molecule is O=C1CN(C(=O)CSc2ccccc2Cl)CCN1. The Bertz CT molecular complexity index is 467. The van der Waals surface area contributed by atoms with Gasteiger partial charge < -0.3 is 10.2 Å². The fourth-order valence-corrected chi connectivity index (χ4v) is 2.79. The Labute approximate surface area is 115 Å². The highest BCUT2D eigenvalue weighted by atomic mass is 35.5. The molecule has 2 amide bonds. The van der Waals surface area contributed by atoms with Gasteiger partial charge in [0.15, 0.2) is 0 Å². The third-order valence-corrected chi connectivity index (χ3v) is 4.08. The quantitative estimate of drug-likeness (QED) is 0.854. The van der Waals surface area contributed by atoms with E-state index in [1.807, 2.05) is 18.2 Å². The number of carbonyl (C=O) groups excluding carboxylic acids is 2. The number of amides is 2. The third-order valence-electron chi connectivity index (χ3n) is 2.58. The third kappa shape index (κ3) is 3.40. The summed E-state index contributed by atoms with van der Waals surface area (Å²) < 4.78 is 0. The van der Waals surface area contributed by atoms with E-state index in [4.69, 9.17) is 11.6 Å². The monoisotopic (exact) mass is 284 g/mol. The van der Waals surface area contributed by atoms with Gasteiger partial charge in [0, 0.05) is 18.0 Å². The zero-order valence-electron chi connectivity index (χ0n) is 9.69. The van der Waals surface area contributed by atoms with Crippen LogP contribution in [0.1, 0.15) is 0 Å². The molecule has 1 heterocycles. The summed E-state index contributed by atoms with van der Waals surface area (Å²) in [7, 11) is 0. The molecule has 0 bridgehead atoms. The summed E-state index contributed by atoms with van der Waals surface area (Å²) in [6, 6.07) is 7.40. The number of rotatable bonds is 3. The van der Waals surface area contributed by atoms with Gasteiger partial charge in [-0.3, -0.25) is 9.59 Å². The molecule has 0 unspecified atom stereocenters. The highest BCUT2D eigenvalue weighted by Crippen LogP contribution is 2.26. The number of nitrogens with zero attached hydrogens (tertiary/aromatic N) is 1. The topological polar surface area (TPSA) is 49.4 Å². The van der Waals surface area contributed by atoms with Crippen molar-refractivity contribution in [2.24, 2.45) is 0 Å². The van der Waals surface area contributed by atoms with Crippen LogP contribution in [0.25, 0.3) is 0 Å². The van der Waals surface area contributed by atoms with Crippen molar-refractivity contribution in [1.29, 1.82) is 0 Å². The maximum Gasteiger partial charge on any atom is 0.239 e. The summed E-state index contributed by atoms with van der Waals surface area (Å²) in [5.74, 6) is 0.170. The molecule has 4 nitrogen and oxygen atoms in total. The summed E-state index contributed by atoms with van der Waals surface area (Å²) >= 11 is 7.40. The molecule has 96 valence electrons. The molecule has 2 rings (SSSR count). The molecule has 1 saturated heterocycles. The van der Waals surface area contributed by atoms with E-state index in [-0.39, 0.29) is 18.4 Å². The number of carbonyl (C=O) groups is 2. The van der Waals surface area contributed by atoms with Crippen LogP contribution >= 0.6 is 23.4 Å². The average Bonchev–Trinajstić information content (AvgIpc) is 2.37. The maximum atomic E-state index is 11.9. The molecule has 1 fully saturated rings. The van der Waals surface area contributed by atoms with Crippen molar-refractivity contribution in [3.63, 3.8) is 0 Å². The van der Waals surface area contributed by atoms with Crippen molar-refractivity contribution < 1.29 is 9.59 Å². The van der Waals surface area contributed by atoms with Gasteiger partial charge in [0.2, 0.25) is 11.8 Å². The molecule has 1 aliphatic rings. The lowest BCUT2D eigenvalue weighted by atomic mass is 10.3. The van der Waals surface area contributed by atoms with Crippen molar-refractivity contribution in [3.05, 3.63) is 29.3 Å². The van der Waals surface area contributed by atoms with Crippen LogP contribution in [0.15, 0.2) is 29.2 Å². The summed E-state index contributed by atoms with van der Waals surface area (Å²) in [5, 5.41) is 3.33. The first-order valence-electron chi connectivity index (χ1n) is 5.58. The normalized spacial score (nSPS) is 15.4. The second-order valence-corrected chi connectivity index (χ2v) is 5.31. The first kappa shape index (κ1) is 13.2. The molecule has 0 aliphatic carbocycles. The predicted molar refractivity (Wildman–Crippen MR) is 71.8 cm³/mol. The van der Waals surface area contributed by atoms with Crippen molar-refractivity contribution in [2.45, 2.75) is 4.90 Å². The first-order chi connectivity index (χ1) is 8.66. The number of piperazine rings is 1. The highest BCUT2D eigenvalue weighted by Gasteiger charge is 2.20. The van der Waals surface area contributed by atoms with Gasteiger partial charge >= 0.3 is 0 Å². The van der Waals surface area contributed by atoms with E-state index in [9.17, 15) is 9.59 Å². The van der Waals surface area contributed by atoms with E-state index >= 15 is 0 Å². The van der Waals surface area contributed by atoms with E-state index < -0.39 is 0 Å². The van der Waals surface area contributed by atoms with Gasteiger partial charge in [-0.1, -0.05) is 23.7 Å². The molecule has 0 radical (unpaired) electrons. The molecule has 1 aliphatic heterocycles. The molecule has 0 atom stereocenters. The van der Waals surface area contributed by atoms with E-state index in [1.54, 1.807) is 11.0 Å². The molecule has 1 aromatic carbocycles. The van der Waals surface area contributed by atoms with Crippen LogP contribution in [0.5, 0.6) is 0 Å². The largest absolute Gasteiger partial charge is 0.353 e. The summed E-state index contributed by atoms with van der Waals surface area (Å²) in [6.07, 6.45) is 0. The number of benzene rings is 1. The van der Waals surface area contributed by atoms with Crippen LogP contribution in [-0.4, -0.2) is 42.1 Å². The lowest BCUT2D eigenvalue weighted by Crippen LogP contribution is -2.50. The van der Waals surface area contributed by atoms with Gasteiger partial charge in [0.1, 0.15) is 0 Å². The second kappa shape index (κ2) is 6.11. The van der Waals surface area contributed by atoms with Crippen LogP contribution in [0.3, 0.4) is 0 Å². The molecule has 0 spiro atoms. The Kier molecular flexibility index (Phi) is 4.49. The smallest absolute Gasteiger partial charge is 0.239 e. The molecule has 18 heavy (non-hydrogen) atoms. The summed E-state index contributed by atoms with van der Waals surface area (Å²) in [6.45, 7) is 1.26. The number of hydrogen-bond acceptors (Lipinski definition) is 3. The second-order valence-electron chi connectivity index (χ2n) is 3.88. The minimum absolute atomic E-state index is 0.0326. The van der Waals surface area contributed by atoms with Crippen molar-refractivity contribution in [2.75, 3.05) is 25.4 Å². The van der Waals surface area contributed by atoms with Crippen molar-refractivity contribution >= 4 is 35.2 Å². The van der Waals surface area contributed by atoms with Crippen molar-refractivity contribution in [3.8, 4) is 0 Å². The Morgan fingerprint density at radius 3 is 2.94 bits per heavy atom. The summed E-state index contributed by atoms with van der Waals surface area (Å²) in [5.41, 5.74) is 0. The number of thioether (sulfide) groups is 1. The number of nitrogens with one attached hydrogen (secondary N) is 1. The fraction of sp³-hybridized carbons (Fsp3) is 0.333. The highest BCUT2D eigenvalue weighted by molar-refractivity contribution is 8.00. The van der Waals surface area contributed by atoms with Gasteiger partial charge in [0.05, 0.1) is 17.3 Å². The van der Waals surface area contributed by atoms with Crippen LogP contribution in [0.4, 0.5) is 0 Å². The zero-order chi connectivity index (χ0) is 13.0. The molecular formula is C12H13ClN2O2S. The first-order valence-corrected chi connectivity index (χ1v) is 6.95. The van der Waals surface area contributed by atoms with Gasteiger partial charge in [-0.05, 0) is 12.1 Å². The standard InChI is InChI=1S/C12H13ClN2O2S/c13-9-3-1-2-4-10(9)18-8-12(17)15-6-5-14-11(16)7-15/h1-4H,5-8H2,(H,14,16).